The van der Waals surface area contributed by atoms with Gasteiger partial charge in [0, 0.05) is 0 Å². The number of hydrogen-bond acceptors (Lipinski definition) is 10. The Labute approximate surface area is 427 Å². The highest BCUT2D eigenvalue weighted by Gasteiger charge is 2.44. The topological polar surface area (TPSA) is 189 Å². The van der Waals surface area contributed by atoms with E-state index < -0.39 is 74.2 Å². The van der Waals surface area contributed by atoms with Crippen molar-refractivity contribution >= 4 is 5.91 Å². The largest absolute Gasteiger partial charge is 0.394 e. The molecule has 0 aromatic carbocycles. The summed E-state index contributed by atoms with van der Waals surface area (Å²) in [6, 6.07) is -1.20. The average molecular weight is 991 g/mol. The van der Waals surface area contributed by atoms with Crippen LogP contribution in [-0.4, -0.2) is 110 Å². The molecule has 70 heavy (non-hydrogen) atoms. The summed E-state index contributed by atoms with van der Waals surface area (Å²) in [6.45, 7) is 3.32. The van der Waals surface area contributed by atoms with Gasteiger partial charge in [0.05, 0.1) is 25.4 Å². The number of nitrogens with one attached hydrogen (secondary N) is 1. The number of rotatable bonds is 48. The molecule has 1 fully saturated rings. The van der Waals surface area contributed by atoms with E-state index >= 15 is 0 Å². The van der Waals surface area contributed by atoms with Crippen molar-refractivity contribution in [2.24, 2.45) is 0 Å². The third kappa shape index (κ3) is 35.8. The second kappa shape index (κ2) is 47.8. The molecule has 1 aliphatic heterocycles. The fourth-order valence-corrected chi connectivity index (χ4v) is 8.86. The number of unbranched alkanes of at least 4 members (excludes halogenated alkanes) is 26. The van der Waals surface area contributed by atoms with Crippen molar-refractivity contribution in [2.75, 3.05) is 13.2 Å². The van der Waals surface area contributed by atoms with Crippen LogP contribution in [0.25, 0.3) is 0 Å². The number of allylic oxidation sites excluding steroid dienone is 10. The molecule has 1 amide bonds. The van der Waals surface area contributed by atoms with Gasteiger partial charge in [-0.1, -0.05) is 209 Å². The standard InChI is InChI=1S/C59H107NO10/c1-3-5-7-9-11-13-15-17-18-19-20-21-22-23-24-25-26-27-28-29-30-31-32-33-35-37-39-41-43-45-47-52(63)58(68)60-50(49-69-59-57(67)56(66)55(65)53(48-61)70-59)54(64)51(62)46-44-42-40-38-36-34-16-14-12-10-8-6-4-2/h6,8,14,16,20-21,23-24,38,40,50-57,59,61-67H,3-5,7,9-13,15,17-19,22,25-37,39,41-49H2,1-2H3,(H,60,68)/b8-6+,16-14+,21-20-,24-23-,40-38+. The van der Waals surface area contributed by atoms with Crippen LogP contribution < -0.4 is 5.32 Å². The number of aliphatic hydroxyl groups is 7. The Morgan fingerprint density at radius 2 is 0.943 bits per heavy atom. The highest BCUT2D eigenvalue weighted by molar-refractivity contribution is 5.80. The molecule has 0 saturated carbocycles. The summed E-state index contributed by atoms with van der Waals surface area (Å²) in [5.41, 5.74) is 0. The summed E-state index contributed by atoms with van der Waals surface area (Å²) in [5, 5.41) is 75.9. The molecule has 9 unspecified atom stereocenters. The molecule has 1 saturated heterocycles. The molecule has 11 nitrogen and oxygen atoms in total. The van der Waals surface area contributed by atoms with Gasteiger partial charge in [-0.25, -0.2) is 0 Å². The van der Waals surface area contributed by atoms with E-state index in [1.807, 2.05) is 0 Å². The third-order valence-electron chi connectivity index (χ3n) is 13.5. The quantitative estimate of drug-likeness (QED) is 0.0215. The molecule has 0 spiro atoms. The molecular formula is C59H107NO10. The van der Waals surface area contributed by atoms with E-state index in [1.165, 1.54) is 135 Å². The molecule has 1 rings (SSSR count). The molecule has 8 N–H and O–H groups in total. The maximum Gasteiger partial charge on any atom is 0.249 e. The minimum absolute atomic E-state index is 0.238. The van der Waals surface area contributed by atoms with Gasteiger partial charge < -0.3 is 50.5 Å². The molecular weight excluding hydrogens is 883 g/mol. The van der Waals surface area contributed by atoms with Crippen LogP contribution in [0.2, 0.25) is 0 Å². The zero-order valence-corrected chi connectivity index (χ0v) is 44.5. The first-order valence-corrected chi connectivity index (χ1v) is 28.7. The SMILES string of the molecule is CC/C=C/CC/C=C/CC/C=C/CCCC(O)C(O)C(COC1OC(CO)C(O)C(O)C1O)NC(=O)C(O)CCCCCCCCCCCCCCCC/C=C\C/C=C\CCCCCCCCCCC. The zero-order chi connectivity index (χ0) is 51.1. The van der Waals surface area contributed by atoms with Gasteiger partial charge in [0.25, 0.3) is 0 Å². The van der Waals surface area contributed by atoms with Crippen molar-refractivity contribution in [1.82, 2.24) is 5.32 Å². The fourth-order valence-electron chi connectivity index (χ4n) is 8.86. The lowest BCUT2D eigenvalue weighted by Gasteiger charge is -2.40. The molecule has 0 aliphatic carbocycles. The van der Waals surface area contributed by atoms with Gasteiger partial charge in [-0.05, 0) is 89.9 Å². The van der Waals surface area contributed by atoms with Gasteiger partial charge >= 0.3 is 0 Å². The van der Waals surface area contributed by atoms with Crippen molar-refractivity contribution in [3.05, 3.63) is 60.8 Å². The van der Waals surface area contributed by atoms with Crippen LogP contribution in [0.15, 0.2) is 60.8 Å². The van der Waals surface area contributed by atoms with Gasteiger partial charge in [0.1, 0.15) is 36.6 Å². The first-order valence-electron chi connectivity index (χ1n) is 28.7. The molecule has 0 aromatic heterocycles. The second-order valence-electron chi connectivity index (χ2n) is 20.0. The Balaban J connectivity index is 2.25. The van der Waals surface area contributed by atoms with Crippen LogP contribution in [0.5, 0.6) is 0 Å². The van der Waals surface area contributed by atoms with Crippen molar-refractivity contribution < 1.29 is 50.0 Å². The Morgan fingerprint density at radius 1 is 0.514 bits per heavy atom. The van der Waals surface area contributed by atoms with Crippen LogP contribution in [0, 0.1) is 0 Å². The minimum atomic E-state index is -1.67. The smallest absolute Gasteiger partial charge is 0.249 e. The predicted molar refractivity (Wildman–Crippen MR) is 288 cm³/mol. The van der Waals surface area contributed by atoms with E-state index in [2.05, 4.69) is 79.9 Å². The lowest BCUT2D eigenvalue weighted by Crippen LogP contribution is -2.60. The highest BCUT2D eigenvalue weighted by Crippen LogP contribution is 2.23. The maximum atomic E-state index is 13.2. The Hall–Kier alpha value is -2.19. The summed E-state index contributed by atoms with van der Waals surface area (Å²) in [4.78, 5) is 13.2. The number of ether oxygens (including phenoxy) is 2. The van der Waals surface area contributed by atoms with Crippen molar-refractivity contribution in [1.29, 1.82) is 0 Å². The van der Waals surface area contributed by atoms with E-state index in [9.17, 15) is 40.5 Å². The van der Waals surface area contributed by atoms with Crippen molar-refractivity contribution in [3.63, 3.8) is 0 Å². The van der Waals surface area contributed by atoms with Crippen LogP contribution >= 0.6 is 0 Å². The monoisotopic (exact) mass is 990 g/mol. The molecule has 0 aromatic rings. The number of amides is 1. The Kier molecular flexibility index (Phi) is 44.9. The normalized spacial score (nSPS) is 20.7. The van der Waals surface area contributed by atoms with Gasteiger partial charge in [-0.3, -0.25) is 4.79 Å². The fraction of sp³-hybridized carbons (Fsp3) is 0.814. The summed E-state index contributed by atoms with van der Waals surface area (Å²) < 4.78 is 11.1. The molecule has 1 aliphatic rings. The van der Waals surface area contributed by atoms with E-state index in [0.717, 1.165) is 57.8 Å². The highest BCUT2D eigenvalue weighted by atomic mass is 16.7. The van der Waals surface area contributed by atoms with Gasteiger partial charge in [0.2, 0.25) is 5.91 Å². The van der Waals surface area contributed by atoms with Crippen LogP contribution in [0.1, 0.15) is 239 Å². The van der Waals surface area contributed by atoms with Crippen LogP contribution in [0.4, 0.5) is 0 Å². The first kappa shape index (κ1) is 65.8. The zero-order valence-electron chi connectivity index (χ0n) is 44.5. The summed E-state index contributed by atoms with van der Waals surface area (Å²) in [7, 11) is 0. The Bertz CT molecular complexity index is 1320. The van der Waals surface area contributed by atoms with E-state index in [1.54, 1.807) is 0 Å². The lowest BCUT2D eigenvalue weighted by atomic mass is 9.98. The van der Waals surface area contributed by atoms with Gasteiger partial charge in [-0.15, -0.1) is 0 Å². The van der Waals surface area contributed by atoms with Gasteiger partial charge in [-0.2, -0.15) is 0 Å². The molecule has 11 heteroatoms. The number of carbonyl (C=O) groups is 1. The molecule has 9 atom stereocenters. The Morgan fingerprint density at radius 3 is 1.43 bits per heavy atom. The van der Waals surface area contributed by atoms with Crippen LogP contribution in [-0.2, 0) is 14.3 Å². The summed E-state index contributed by atoms with van der Waals surface area (Å²) in [5.74, 6) is -0.714. The third-order valence-corrected chi connectivity index (χ3v) is 13.5. The van der Waals surface area contributed by atoms with Crippen molar-refractivity contribution in [2.45, 2.75) is 294 Å². The average Bonchev–Trinajstić information content (AvgIpc) is 3.36. The predicted octanol–water partition coefficient (Wildman–Crippen LogP) is 11.8. The van der Waals surface area contributed by atoms with Crippen molar-refractivity contribution in [3.8, 4) is 0 Å². The summed E-state index contributed by atoms with van der Waals surface area (Å²) >= 11 is 0. The first-order chi connectivity index (χ1) is 34.2. The minimum Gasteiger partial charge on any atom is -0.394 e. The van der Waals surface area contributed by atoms with E-state index in [4.69, 9.17) is 9.47 Å². The van der Waals surface area contributed by atoms with E-state index in [0.29, 0.717) is 19.3 Å². The summed E-state index contributed by atoms with van der Waals surface area (Å²) in [6.07, 6.45) is 50.1. The van der Waals surface area contributed by atoms with Gasteiger partial charge in [0.15, 0.2) is 6.29 Å². The number of aliphatic hydroxyl groups excluding tert-OH is 7. The number of hydrogen-bond donors (Lipinski definition) is 8. The number of carbonyl (C=O) groups excluding carboxylic acids is 1. The maximum absolute atomic E-state index is 13.2. The lowest BCUT2D eigenvalue weighted by molar-refractivity contribution is -0.303. The van der Waals surface area contributed by atoms with Crippen LogP contribution in [0.3, 0.4) is 0 Å². The van der Waals surface area contributed by atoms with E-state index in [-0.39, 0.29) is 12.8 Å². The molecule has 0 bridgehead atoms. The molecule has 0 radical (unpaired) electrons. The molecule has 408 valence electrons. The molecule has 1 heterocycles. The second-order valence-corrected chi connectivity index (χ2v) is 20.0.